The van der Waals surface area contributed by atoms with E-state index >= 15 is 4.39 Å². The van der Waals surface area contributed by atoms with Gasteiger partial charge in [0, 0.05) is 31.2 Å². The molecule has 11 heteroatoms. The molecule has 3 aliphatic carbocycles. The molecule has 3 aliphatic heterocycles. The summed E-state index contributed by atoms with van der Waals surface area (Å²) < 4.78 is 28.3. The first-order valence-electron chi connectivity index (χ1n) is 18.0. The molecular formula is C35H56FN5O5. The summed E-state index contributed by atoms with van der Waals surface area (Å²) in [6, 6.07) is -0.339. The van der Waals surface area contributed by atoms with Crippen molar-refractivity contribution >= 4 is 17.8 Å². The van der Waals surface area contributed by atoms with Crippen LogP contribution in [-0.4, -0.2) is 109 Å². The molecule has 10 atom stereocenters. The second kappa shape index (κ2) is 14.1. The van der Waals surface area contributed by atoms with Gasteiger partial charge in [0.05, 0.1) is 35.9 Å². The first kappa shape index (κ1) is 33.7. The third-order valence-electron chi connectivity index (χ3n) is 11.6. The highest BCUT2D eigenvalue weighted by Crippen LogP contribution is 2.50. The van der Waals surface area contributed by atoms with Gasteiger partial charge in [0.1, 0.15) is 11.8 Å². The quantitative estimate of drug-likeness (QED) is 0.257. The van der Waals surface area contributed by atoms with Gasteiger partial charge in [-0.3, -0.25) is 9.59 Å². The lowest BCUT2D eigenvalue weighted by Gasteiger charge is -2.61. The summed E-state index contributed by atoms with van der Waals surface area (Å²) in [5.41, 5.74) is -0.391. The molecule has 0 bridgehead atoms. The summed E-state index contributed by atoms with van der Waals surface area (Å²) in [5, 5.41) is 9.21. The van der Waals surface area contributed by atoms with E-state index in [0.29, 0.717) is 43.9 Å². The van der Waals surface area contributed by atoms with Gasteiger partial charge in [-0.1, -0.05) is 25.7 Å². The lowest BCUT2D eigenvalue weighted by Crippen LogP contribution is -2.73. The van der Waals surface area contributed by atoms with E-state index in [1.807, 2.05) is 27.0 Å². The minimum atomic E-state index is -1.29. The number of ether oxygens (including phenoxy) is 2. The molecule has 0 aromatic rings. The van der Waals surface area contributed by atoms with E-state index in [0.717, 1.165) is 32.2 Å². The van der Waals surface area contributed by atoms with Gasteiger partial charge in [0.2, 0.25) is 0 Å². The summed E-state index contributed by atoms with van der Waals surface area (Å²) in [7, 11) is 2.12. The van der Waals surface area contributed by atoms with Crippen molar-refractivity contribution in [2.24, 2.45) is 17.8 Å². The van der Waals surface area contributed by atoms with E-state index < -0.39 is 35.9 Å². The standard InChI is InChI=1S/C35H56FN5O5/c1-35(2,3)46-34(44)39-14-8-13-37-29-26(36)19-24-30-32(29)45-28-18-22-10-6-5-9-21(22)17-27(28)41(30)20-25(31(24)42)33(43)38-15-12-23-11-7-16-40(23)4/h20-24,26-30,32,37H,5-19H2,1-4H3,(H,38,43)(H,39,44). The van der Waals surface area contributed by atoms with Crippen LogP contribution in [-0.2, 0) is 19.1 Å². The molecule has 2 amide bonds. The molecule has 6 rings (SSSR count). The number of carbonyl (C=O) groups is 3. The lowest BCUT2D eigenvalue weighted by atomic mass is 9.65. The Bertz CT molecular complexity index is 1160. The second-order valence-corrected chi connectivity index (χ2v) is 15.8. The summed E-state index contributed by atoms with van der Waals surface area (Å²) in [5.74, 6) is 0.0400. The molecule has 0 radical (unpaired) electrons. The lowest BCUT2D eigenvalue weighted by molar-refractivity contribution is -0.208. The number of alkyl halides is 1. The minimum Gasteiger partial charge on any atom is -0.444 e. The number of amides is 2. The van der Waals surface area contributed by atoms with Gasteiger partial charge in [-0.15, -0.1) is 0 Å². The van der Waals surface area contributed by atoms with Crippen LogP contribution in [0.3, 0.4) is 0 Å². The van der Waals surface area contributed by atoms with E-state index in [-0.39, 0.29) is 41.9 Å². The van der Waals surface area contributed by atoms with Crippen LogP contribution in [0.25, 0.3) is 0 Å². The van der Waals surface area contributed by atoms with Gasteiger partial charge in [-0.05, 0) is 97.7 Å². The van der Waals surface area contributed by atoms with E-state index in [4.69, 9.17) is 9.47 Å². The Labute approximate surface area is 273 Å². The molecule has 3 N–H and O–H groups in total. The Balaban J connectivity index is 1.16. The molecule has 6 aliphatic rings. The number of carbonyl (C=O) groups excluding carboxylic acids is 3. The summed E-state index contributed by atoms with van der Waals surface area (Å²) in [6.07, 6.45) is 10.2. The third kappa shape index (κ3) is 7.26. The number of Topliss-reactive ketones (excluding diaryl/α,β-unsaturated/α-hetero) is 1. The zero-order valence-corrected chi connectivity index (χ0v) is 28.3. The fourth-order valence-electron chi connectivity index (χ4n) is 9.35. The molecule has 0 spiro atoms. The smallest absolute Gasteiger partial charge is 0.407 e. The molecule has 10 nitrogen and oxygen atoms in total. The maximum absolute atomic E-state index is 16.1. The van der Waals surface area contributed by atoms with E-state index in [1.165, 1.54) is 32.1 Å². The summed E-state index contributed by atoms with van der Waals surface area (Å²) in [6.45, 7) is 7.96. The first-order valence-corrected chi connectivity index (χ1v) is 18.0. The Hall–Kier alpha value is -2.24. The highest BCUT2D eigenvalue weighted by Gasteiger charge is 2.59. The fourth-order valence-corrected chi connectivity index (χ4v) is 9.35. The van der Waals surface area contributed by atoms with Gasteiger partial charge in [-0.2, -0.15) is 0 Å². The second-order valence-electron chi connectivity index (χ2n) is 15.8. The molecule has 2 saturated heterocycles. The maximum atomic E-state index is 16.1. The predicted octanol–water partition coefficient (Wildman–Crippen LogP) is 3.69. The number of ketones is 1. The number of halogens is 1. The topological polar surface area (TPSA) is 112 Å². The molecular weight excluding hydrogens is 589 g/mol. The van der Waals surface area contributed by atoms with E-state index in [9.17, 15) is 14.4 Å². The zero-order valence-electron chi connectivity index (χ0n) is 28.3. The van der Waals surface area contributed by atoms with Crippen LogP contribution in [0.2, 0.25) is 0 Å². The van der Waals surface area contributed by atoms with Crippen LogP contribution in [0.4, 0.5) is 9.18 Å². The van der Waals surface area contributed by atoms with Crippen LogP contribution < -0.4 is 16.0 Å². The number of likely N-dealkylation sites (tertiary alicyclic amines) is 1. The van der Waals surface area contributed by atoms with E-state index in [1.54, 1.807) is 0 Å². The highest BCUT2D eigenvalue weighted by atomic mass is 19.1. The van der Waals surface area contributed by atoms with Crippen molar-refractivity contribution in [3.05, 3.63) is 11.8 Å². The van der Waals surface area contributed by atoms with Crippen LogP contribution >= 0.6 is 0 Å². The van der Waals surface area contributed by atoms with Crippen molar-refractivity contribution in [2.45, 2.75) is 140 Å². The van der Waals surface area contributed by atoms with Crippen molar-refractivity contribution in [1.29, 1.82) is 0 Å². The van der Waals surface area contributed by atoms with Crippen molar-refractivity contribution in [3.63, 3.8) is 0 Å². The molecule has 258 valence electrons. The van der Waals surface area contributed by atoms with Gasteiger partial charge in [0.25, 0.3) is 5.91 Å². The number of morpholine rings is 1. The van der Waals surface area contributed by atoms with Gasteiger partial charge in [0.15, 0.2) is 5.78 Å². The largest absolute Gasteiger partial charge is 0.444 e. The number of hydrogen-bond donors (Lipinski definition) is 3. The SMILES string of the molecule is CN1CCCC1CCNC(=O)C1=CN2C3CC4CCCCC4CC3OC3C(NCCCNC(=O)OC(C)(C)C)C(F)CC(C1=O)C32. The number of rotatable bonds is 9. The Kier molecular flexibility index (Phi) is 10.3. The maximum Gasteiger partial charge on any atom is 0.407 e. The summed E-state index contributed by atoms with van der Waals surface area (Å²) >= 11 is 0. The van der Waals surface area contributed by atoms with Crippen molar-refractivity contribution in [2.75, 3.05) is 33.2 Å². The number of nitrogens with one attached hydrogen (secondary N) is 3. The predicted molar refractivity (Wildman–Crippen MR) is 173 cm³/mol. The van der Waals surface area contributed by atoms with Crippen molar-refractivity contribution < 1.29 is 28.2 Å². The third-order valence-corrected chi connectivity index (χ3v) is 11.6. The fraction of sp³-hybridized carbons (Fsp3) is 0.857. The van der Waals surface area contributed by atoms with Crippen molar-refractivity contribution in [3.8, 4) is 0 Å². The molecule has 46 heavy (non-hydrogen) atoms. The van der Waals surface area contributed by atoms with Crippen LogP contribution in [0.1, 0.15) is 91.4 Å². The van der Waals surface area contributed by atoms with E-state index in [2.05, 4.69) is 32.8 Å². The summed E-state index contributed by atoms with van der Waals surface area (Å²) in [4.78, 5) is 44.1. The Morgan fingerprint density at radius 3 is 2.50 bits per heavy atom. The molecule has 3 heterocycles. The van der Waals surface area contributed by atoms with Crippen LogP contribution in [0.5, 0.6) is 0 Å². The number of alkyl carbamates (subject to hydrolysis) is 1. The Morgan fingerprint density at radius 1 is 1.02 bits per heavy atom. The first-order chi connectivity index (χ1) is 22.0. The van der Waals surface area contributed by atoms with Gasteiger partial charge in [-0.25, -0.2) is 9.18 Å². The van der Waals surface area contributed by atoms with Crippen LogP contribution in [0.15, 0.2) is 11.8 Å². The van der Waals surface area contributed by atoms with Crippen LogP contribution in [0, 0.1) is 17.8 Å². The van der Waals surface area contributed by atoms with Crippen molar-refractivity contribution in [1.82, 2.24) is 25.8 Å². The molecule has 0 aromatic heterocycles. The number of hydrogen-bond acceptors (Lipinski definition) is 8. The molecule has 10 unspecified atom stereocenters. The van der Waals surface area contributed by atoms with Gasteiger partial charge < -0.3 is 35.2 Å². The number of fused-ring (bicyclic) bond motifs is 3. The van der Waals surface area contributed by atoms with Gasteiger partial charge >= 0.3 is 6.09 Å². The molecule has 5 fully saturated rings. The average molecular weight is 646 g/mol. The monoisotopic (exact) mass is 645 g/mol. The number of nitrogens with zero attached hydrogens (tertiary/aromatic N) is 2. The minimum absolute atomic E-state index is 0.0589. The highest BCUT2D eigenvalue weighted by molar-refractivity contribution is 6.20. The Morgan fingerprint density at radius 2 is 1.78 bits per heavy atom. The molecule has 0 aromatic carbocycles. The average Bonchev–Trinajstić information content (AvgIpc) is 3.41. The molecule has 3 saturated carbocycles. The normalized spacial score (nSPS) is 37.5. The zero-order chi connectivity index (χ0) is 32.6.